The standard InChI is InChI=1S/C13H19BrClNS/c1-8-4-3-5-12(9(8)2)16-7-10-6-11(14)13(15)17-10/h6,8-9,12,16H,3-5,7H2,1-2H3. The van der Waals surface area contributed by atoms with E-state index in [1.807, 2.05) is 0 Å². The van der Waals surface area contributed by atoms with Gasteiger partial charge in [0, 0.05) is 21.9 Å². The molecule has 0 spiro atoms. The first-order valence-electron chi connectivity index (χ1n) is 6.25. The lowest BCUT2D eigenvalue weighted by molar-refractivity contribution is 0.206. The van der Waals surface area contributed by atoms with Crippen LogP contribution in [0.2, 0.25) is 4.34 Å². The zero-order valence-electron chi connectivity index (χ0n) is 10.3. The van der Waals surface area contributed by atoms with Crippen LogP contribution >= 0.6 is 38.9 Å². The summed E-state index contributed by atoms with van der Waals surface area (Å²) in [5.41, 5.74) is 0. The van der Waals surface area contributed by atoms with Gasteiger partial charge in [-0.3, -0.25) is 0 Å². The minimum Gasteiger partial charge on any atom is -0.309 e. The highest BCUT2D eigenvalue weighted by Gasteiger charge is 2.26. The molecular formula is C13H19BrClNS. The lowest BCUT2D eigenvalue weighted by atomic mass is 9.78. The average molecular weight is 337 g/mol. The Labute approximate surface area is 121 Å². The number of thiophene rings is 1. The molecule has 0 amide bonds. The fraction of sp³-hybridized carbons (Fsp3) is 0.692. The van der Waals surface area contributed by atoms with E-state index in [0.29, 0.717) is 6.04 Å². The van der Waals surface area contributed by atoms with E-state index in [4.69, 9.17) is 11.6 Å². The monoisotopic (exact) mass is 335 g/mol. The third-order valence-electron chi connectivity index (χ3n) is 3.94. The predicted octanol–water partition coefficient (Wildman–Crippen LogP) is 5.08. The molecule has 17 heavy (non-hydrogen) atoms. The molecule has 0 saturated heterocycles. The Morgan fingerprint density at radius 2 is 2.24 bits per heavy atom. The minimum absolute atomic E-state index is 0.665. The fourth-order valence-electron chi connectivity index (χ4n) is 2.58. The summed E-state index contributed by atoms with van der Waals surface area (Å²) in [6.45, 7) is 5.69. The van der Waals surface area contributed by atoms with Crippen LogP contribution in [0.25, 0.3) is 0 Å². The molecule has 1 heterocycles. The molecule has 4 heteroatoms. The lowest BCUT2D eigenvalue weighted by Crippen LogP contribution is -2.40. The maximum absolute atomic E-state index is 6.05. The smallest absolute Gasteiger partial charge is 0.107 e. The minimum atomic E-state index is 0.665. The van der Waals surface area contributed by atoms with Gasteiger partial charge in [-0.25, -0.2) is 0 Å². The summed E-state index contributed by atoms with van der Waals surface area (Å²) >= 11 is 11.2. The van der Waals surface area contributed by atoms with E-state index in [2.05, 4.69) is 41.2 Å². The Morgan fingerprint density at radius 3 is 2.88 bits per heavy atom. The first kappa shape index (κ1) is 13.9. The highest BCUT2D eigenvalue weighted by atomic mass is 79.9. The van der Waals surface area contributed by atoms with Crippen molar-refractivity contribution in [3.8, 4) is 0 Å². The molecule has 0 bridgehead atoms. The Bertz CT molecular complexity index is 360. The number of rotatable bonds is 3. The van der Waals surface area contributed by atoms with Crippen LogP contribution in [0.1, 0.15) is 38.0 Å². The maximum Gasteiger partial charge on any atom is 0.107 e. The summed E-state index contributed by atoms with van der Waals surface area (Å²) < 4.78 is 1.87. The van der Waals surface area contributed by atoms with Crippen molar-refractivity contribution >= 4 is 38.9 Å². The average Bonchev–Trinajstić information content (AvgIpc) is 2.61. The van der Waals surface area contributed by atoms with Crippen LogP contribution in [0.3, 0.4) is 0 Å². The number of nitrogens with one attached hydrogen (secondary N) is 1. The zero-order valence-corrected chi connectivity index (χ0v) is 13.5. The molecule has 1 aliphatic rings. The second-order valence-electron chi connectivity index (χ2n) is 5.09. The molecule has 0 aromatic carbocycles. The summed E-state index contributed by atoms with van der Waals surface area (Å²) in [5.74, 6) is 1.63. The molecule has 1 aromatic rings. The van der Waals surface area contributed by atoms with Crippen LogP contribution in [0.15, 0.2) is 10.5 Å². The number of halogens is 2. The van der Waals surface area contributed by atoms with Crippen LogP contribution in [0.5, 0.6) is 0 Å². The highest BCUT2D eigenvalue weighted by molar-refractivity contribution is 9.10. The molecule has 1 nitrogen and oxygen atoms in total. The van der Waals surface area contributed by atoms with E-state index >= 15 is 0 Å². The summed E-state index contributed by atoms with van der Waals surface area (Å²) in [6.07, 6.45) is 4.06. The predicted molar refractivity (Wildman–Crippen MR) is 79.8 cm³/mol. The van der Waals surface area contributed by atoms with Crippen molar-refractivity contribution in [1.29, 1.82) is 0 Å². The van der Waals surface area contributed by atoms with Gasteiger partial charge in [0.2, 0.25) is 0 Å². The molecular weight excluding hydrogens is 318 g/mol. The molecule has 3 unspecified atom stereocenters. The largest absolute Gasteiger partial charge is 0.309 e. The number of hydrogen-bond donors (Lipinski definition) is 1. The van der Waals surface area contributed by atoms with Crippen molar-refractivity contribution in [1.82, 2.24) is 5.32 Å². The molecule has 1 aromatic heterocycles. The fourth-order valence-corrected chi connectivity index (χ4v) is 4.32. The van der Waals surface area contributed by atoms with E-state index in [0.717, 1.165) is 27.2 Å². The lowest BCUT2D eigenvalue weighted by Gasteiger charge is -2.34. The molecule has 0 radical (unpaired) electrons. The van der Waals surface area contributed by atoms with Gasteiger partial charge in [0.05, 0.1) is 0 Å². The van der Waals surface area contributed by atoms with Gasteiger partial charge in [0.25, 0.3) is 0 Å². The maximum atomic E-state index is 6.05. The molecule has 1 fully saturated rings. The molecule has 1 N–H and O–H groups in total. The van der Waals surface area contributed by atoms with Crippen molar-refractivity contribution in [2.24, 2.45) is 11.8 Å². The normalized spacial score (nSPS) is 29.5. The number of hydrogen-bond acceptors (Lipinski definition) is 2. The van der Waals surface area contributed by atoms with Crippen molar-refractivity contribution in [3.05, 3.63) is 19.8 Å². The third-order valence-corrected chi connectivity index (χ3v) is 6.42. The van der Waals surface area contributed by atoms with E-state index in [-0.39, 0.29) is 0 Å². The van der Waals surface area contributed by atoms with E-state index < -0.39 is 0 Å². The van der Waals surface area contributed by atoms with Crippen LogP contribution in [-0.2, 0) is 6.54 Å². The Balaban J connectivity index is 1.89. The summed E-state index contributed by atoms with van der Waals surface area (Å²) in [6, 6.07) is 2.79. The quantitative estimate of drug-likeness (QED) is 0.811. The molecule has 1 aliphatic carbocycles. The first-order chi connectivity index (χ1) is 8.08. The third kappa shape index (κ3) is 3.46. The molecule has 3 atom stereocenters. The molecule has 1 saturated carbocycles. The highest BCUT2D eigenvalue weighted by Crippen LogP contribution is 2.33. The summed E-state index contributed by atoms with van der Waals surface area (Å²) in [7, 11) is 0. The van der Waals surface area contributed by atoms with Crippen molar-refractivity contribution in [3.63, 3.8) is 0 Å². The summed E-state index contributed by atoms with van der Waals surface area (Å²) in [4.78, 5) is 1.31. The van der Waals surface area contributed by atoms with Crippen LogP contribution in [0, 0.1) is 11.8 Å². The first-order valence-corrected chi connectivity index (χ1v) is 8.23. The summed E-state index contributed by atoms with van der Waals surface area (Å²) in [5, 5.41) is 3.69. The van der Waals surface area contributed by atoms with Gasteiger partial charge in [-0.05, 0) is 40.3 Å². The second kappa shape index (κ2) is 6.05. The van der Waals surface area contributed by atoms with Gasteiger partial charge < -0.3 is 5.32 Å². The Kier molecular flexibility index (Phi) is 4.93. The molecule has 0 aliphatic heterocycles. The van der Waals surface area contributed by atoms with E-state index in [1.54, 1.807) is 11.3 Å². The van der Waals surface area contributed by atoms with Crippen LogP contribution in [0.4, 0.5) is 0 Å². The van der Waals surface area contributed by atoms with Gasteiger partial charge in [0.1, 0.15) is 4.34 Å². The topological polar surface area (TPSA) is 12.0 Å². The molecule has 2 rings (SSSR count). The van der Waals surface area contributed by atoms with Crippen molar-refractivity contribution < 1.29 is 0 Å². The molecule has 96 valence electrons. The van der Waals surface area contributed by atoms with Gasteiger partial charge in [-0.15, -0.1) is 11.3 Å². The van der Waals surface area contributed by atoms with Crippen molar-refractivity contribution in [2.45, 2.75) is 45.7 Å². The van der Waals surface area contributed by atoms with Gasteiger partial charge in [-0.2, -0.15) is 0 Å². The SMILES string of the molecule is CC1CCCC(NCc2cc(Br)c(Cl)s2)C1C. The van der Waals surface area contributed by atoms with Crippen molar-refractivity contribution in [2.75, 3.05) is 0 Å². The Morgan fingerprint density at radius 1 is 1.47 bits per heavy atom. The van der Waals surface area contributed by atoms with Gasteiger partial charge in [0.15, 0.2) is 0 Å². The van der Waals surface area contributed by atoms with Gasteiger partial charge in [-0.1, -0.05) is 38.3 Å². The van der Waals surface area contributed by atoms with E-state index in [9.17, 15) is 0 Å². The van der Waals surface area contributed by atoms with Gasteiger partial charge >= 0.3 is 0 Å². The second-order valence-corrected chi connectivity index (χ2v) is 7.68. The van der Waals surface area contributed by atoms with Crippen LogP contribution < -0.4 is 5.32 Å². The van der Waals surface area contributed by atoms with E-state index in [1.165, 1.54) is 24.1 Å². The van der Waals surface area contributed by atoms with Crippen LogP contribution in [-0.4, -0.2) is 6.04 Å². The zero-order chi connectivity index (χ0) is 12.4. The Hall–Kier alpha value is 0.430.